The summed E-state index contributed by atoms with van der Waals surface area (Å²) >= 11 is 0. The quantitative estimate of drug-likeness (QED) is 0.642. The molecule has 0 radical (unpaired) electrons. The third-order valence-electron chi connectivity index (χ3n) is 3.87. The molecule has 0 amide bonds. The van der Waals surface area contributed by atoms with Crippen LogP contribution in [-0.4, -0.2) is 4.98 Å². The van der Waals surface area contributed by atoms with E-state index in [1.54, 1.807) is 12.1 Å². The molecule has 116 valence electrons. The zero-order chi connectivity index (χ0) is 22.3. The van der Waals surface area contributed by atoms with Crippen LogP contribution in [0.15, 0.2) is 60.8 Å². The summed E-state index contributed by atoms with van der Waals surface area (Å²) in [4.78, 5) is 4.32. The number of rotatable bonds is 3. The zero-order valence-electron chi connectivity index (χ0n) is 20.2. The fourth-order valence-electron chi connectivity index (χ4n) is 2.59. The summed E-state index contributed by atoms with van der Waals surface area (Å²) in [5, 5.41) is 0. The van der Waals surface area contributed by atoms with E-state index in [0.29, 0.717) is 11.3 Å². The lowest BCUT2D eigenvalue weighted by atomic mass is 10.0. The van der Waals surface area contributed by atoms with Gasteiger partial charge in [-0.15, -0.1) is 0 Å². The van der Waals surface area contributed by atoms with E-state index in [1.165, 1.54) is 6.07 Å². The predicted octanol–water partition coefficient (Wildman–Crippen LogP) is 4.67. The smallest absolute Gasteiger partial charge is 0.213 e. The molecule has 0 aliphatic rings. The van der Waals surface area contributed by atoms with Gasteiger partial charge in [-0.05, 0) is 36.6 Å². The molecular weight excluding hydrogens is 280 g/mol. The second-order valence-electron chi connectivity index (χ2n) is 5.51. The minimum atomic E-state index is -3.07. The second-order valence-corrected chi connectivity index (χ2v) is 5.51. The van der Waals surface area contributed by atoms with Crippen molar-refractivity contribution in [2.75, 3.05) is 0 Å². The molecule has 0 bridgehead atoms. The molecule has 0 fully saturated rings. The van der Waals surface area contributed by atoms with Crippen LogP contribution in [0, 0.1) is 6.92 Å². The molecule has 0 aliphatic heterocycles. The van der Waals surface area contributed by atoms with Crippen molar-refractivity contribution in [3.8, 4) is 22.5 Å². The first-order chi connectivity index (χ1) is 13.9. The number of nitrogens with zero attached hydrogens (tertiary/aromatic N) is 2. The SMILES string of the molecule is [2H]C([2H])([2H])C([2H])(c1cccc(-c2cc[n+](C)c(-c3ccccc3C)c2)n1)C([2H])([2H])[2H]. The van der Waals surface area contributed by atoms with E-state index in [1.807, 2.05) is 61.1 Å². The molecule has 1 aromatic carbocycles. The van der Waals surface area contributed by atoms with Crippen LogP contribution in [0.5, 0.6) is 0 Å². The molecule has 0 aliphatic carbocycles. The molecule has 0 atom stereocenters. The number of aryl methyl sites for hydroxylation is 2. The number of pyridine rings is 2. The molecule has 0 saturated carbocycles. The summed E-state index contributed by atoms with van der Waals surface area (Å²) in [5.74, 6) is -2.83. The maximum Gasteiger partial charge on any atom is 0.213 e. The van der Waals surface area contributed by atoms with Crippen molar-refractivity contribution in [3.63, 3.8) is 0 Å². The molecular formula is C21H23N2+. The van der Waals surface area contributed by atoms with Gasteiger partial charge in [-0.1, -0.05) is 38.0 Å². The maximum absolute atomic E-state index is 8.37. The Morgan fingerprint density at radius 2 is 1.91 bits per heavy atom. The van der Waals surface area contributed by atoms with Crippen molar-refractivity contribution < 1.29 is 14.2 Å². The van der Waals surface area contributed by atoms with Gasteiger partial charge in [-0.2, -0.15) is 0 Å². The van der Waals surface area contributed by atoms with Crippen molar-refractivity contribution in [3.05, 3.63) is 72.1 Å². The Balaban J connectivity index is 2.16. The molecule has 23 heavy (non-hydrogen) atoms. The average molecular weight is 310 g/mol. The van der Waals surface area contributed by atoms with E-state index in [0.717, 1.165) is 16.8 Å². The molecule has 0 N–H and O–H groups in total. The lowest BCUT2D eigenvalue weighted by Crippen LogP contribution is -2.30. The molecule has 3 rings (SSSR count). The highest BCUT2D eigenvalue weighted by atomic mass is 14.9. The van der Waals surface area contributed by atoms with E-state index in [-0.39, 0.29) is 5.69 Å². The molecule has 2 heterocycles. The summed E-state index contributed by atoms with van der Waals surface area (Å²) in [6.07, 6.45) is 1.87. The normalized spacial score (nSPS) is 17.0. The fraction of sp³-hybridized carbons (Fsp3) is 0.238. The van der Waals surface area contributed by atoms with Crippen molar-refractivity contribution in [2.45, 2.75) is 26.5 Å². The Bertz CT molecular complexity index is 1060. The Kier molecular flexibility index (Phi) is 2.47. The monoisotopic (exact) mass is 310 g/mol. The summed E-state index contributed by atoms with van der Waals surface area (Å²) in [5.41, 5.74) is 3.88. The van der Waals surface area contributed by atoms with Gasteiger partial charge < -0.3 is 0 Å². The third kappa shape index (κ3) is 3.16. The Labute approximate surface area is 148 Å². The van der Waals surface area contributed by atoms with Crippen LogP contribution in [0.25, 0.3) is 22.5 Å². The first-order valence-corrected chi connectivity index (χ1v) is 7.40. The molecule has 0 spiro atoms. The van der Waals surface area contributed by atoms with Crippen LogP contribution in [0.2, 0.25) is 0 Å². The fourth-order valence-corrected chi connectivity index (χ4v) is 2.59. The van der Waals surface area contributed by atoms with Gasteiger partial charge in [0, 0.05) is 38.5 Å². The third-order valence-corrected chi connectivity index (χ3v) is 3.87. The molecule has 2 heteroatoms. The van der Waals surface area contributed by atoms with Crippen LogP contribution in [0.1, 0.15) is 40.5 Å². The lowest BCUT2D eigenvalue weighted by molar-refractivity contribution is -0.660. The zero-order valence-corrected chi connectivity index (χ0v) is 13.2. The van der Waals surface area contributed by atoms with Gasteiger partial charge in [0.05, 0.1) is 5.69 Å². The molecule has 0 saturated heterocycles. The number of aromatic nitrogens is 2. The summed E-state index contributed by atoms with van der Waals surface area (Å²) in [6.45, 7) is -4.12. The van der Waals surface area contributed by atoms with Crippen LogP contribution in [-0.2, 0) is 7.05 Å². The summed E-state index contributed by atoms with van der Waals surface area (Å²) in [6, 6.07) is 16.2. The van der Waals surface area contributed by atoms with Crippen molar-refractivity contribution in [1.29, 1.82) is 0 Å². The summed E-state index contributed by atoms with van der Waals surface area (Å²) in [7, 11) is 1.92. The topological polar surface area (TPSA) is 16.8 Å². The highest BCUT2D eigenvalue weighted by Crippen LogP contribution is 2.25. The first kappa shape index (κ1) is 8.97. The Morgan fingerprint density at radius 1 is 1.09 bits per heavy atom. The predicted molar refractivity (Wildman–Crippen MR) is 95.1 cm³/mol. The van der Waals surface area contributed by atoms with Gasteiger partial charge in [-0.25, -0.2) is 4.57 Å². The van der Waals surface area contributed by atoms with E-state index < -0.39 is 19.6 Å². The highest BCUT2D eigenvalue weighted by Gasteiger charge is 2.14. The largest absolute Gasteiger partial charge is 0.253 e. The molecule has 2 nitrogen and oxygen atoms in total. The van der Waals surface area contributed by atoms with Crippen molar-refractivity contribution >= 4 is 0 Å². The second kappa shape index (κ2) is 6.33. The standard InChI is InChI=1S/C21H23N2/c1-15(2)19-10-7-11-20(22-19)17-12-13-23(4)21(14-17)18-9-6-5-8-16(18)3/h5-15H,1-4H3/q+1/i1D3,2D3,15D. The number of benzene rings is 1. The van der Waals surface area contributed by atoms with Crippen LogP contribution >= 0.6 is 0 Å². The van der Waals surface area contributed by atoms with Gasteiger partial charge in [0.25, 0.3) is 0 Å². The van der Waals surface area contributed by atoms with E-state index in [9.17, 15) is 0 Å². The van der Waals surface area contributed by atoms with Crippen LogP contribution in [0.4, 0.5) is 0 Å². The van der Waals surface area contributed by atoms with Crippen molar-refractivity contribution in [1.82, 2.24) is 4.98 Å². The number of hydrogen-bond donors (Lipinski definition) is 0. The molecule has 2 aromatic heterocycles. The molecule has 0 unspecified atom stereocenters. The maximum atomic E-state index is 8.37. The van der Waals surface area contributed by atoms with Gasteiger partial charge in [0.1, 0.15) is 7.05 Å². The van der Waals surface area contributed by atoms with Gasteiger partial charge in [0.2, 0.25) is 5.69 Å². The summed E-state index contributed by atoms with van der Waals surface area (Å²) < 4.78 is 56.5. The minimum absolute atomic E-state index is 0.300. The van der Waals surface area contributed by atoms with E-state index in [2.05, 4.69) is 4.98 Å². The van der Waals surface area contributed by atoms with Gasteiger partial charge in [0.15, 0.2) is 6.20 Å². The highest BCUT2D eigenvalue weighted by molar-refractivity contribution is 5.68. The minimum Gasteiger partial charge on any atom is -0.253 e. The van der Waals surface area contributed by atoms with E-state index in [4.69, 9.17) is 9.60 Å². The lowest BCUT2D eigenvalue weighted by Gasteiger charge is -2.09. The molecule has 3 aromatic rings. The van der Waals surface area contributed by atoms with Crippen LogP contribution < -0.4 is 4.57 Å². The Morgan fingerprint density at radius 3 is 2.70 bits per heavy atom. The van der Waals surface area contributed by atoms with Gasteiger partial charge >= 0.3 is 0 Å². The number of hydrogen-bond acceptors (Lipinski definition) is 1. The average Bonchev–Trinajstić information content (AvgIpc) is 2.67. The van der Waals surface area contributed by atoms with Crippen LogP contribution in [0.3, 0.4) is 0 Å². The van der Waals surface area contributed by atoms with Gasteiger partial charge in [-0.3, -0.25) is 4.98 Å². The van der Waals surface area contributed by atoms with Crippen molar-refractivity contribution in [2.24, 2.45) is 7.05 Å². The Hall–Kier alpha value is -2.48. The first-order valence-electron chi connectivity index (χ1n) is 10.9. The van der Waals surface area contributed by atoms with E-state index >= 15 is 0 Å².